The first-order chi connectivity index (χ1) is 10.6. The summed E-state index contributed by atoms with van der Waals surface area (Å²) >= 11 is 4.05. The minimum atomic E-state index is -1.23. The minimum Gasteiger partial charge on any atom is -0.380 e. The van der Waals surface area contributed by atoms with Crippen molar-refractivity contribution in [2.45, 2.75) is 58.8 Å². The lowest BCUT2D eigenvalue weighted by molar-refractivity contribution is -0.128. The number of rotatable bonds is 6. The summed E-state index contributed by atoms with van der Waals surface area (Å²) in [7, 11) is 0.626. The van der Waals surface area contributed by atoms with E-state index in [1.54, 1.807) is 0 Å². The first-order valence-electron chi connectivity index (χ1n) is 8.81. The SMILES string of the molecule is CCN(CC)C(=O)CS(C)(Br)[C@@H]1[C@H]2CC[C@@](C)([C@@H]1OC)C2(C)C. The Morgan fingerprint density at radius 3 is 2.35 bits per heavy atom. The largest absolute Gasteiger partial charge is 0.380 e. The molecule has 0 aliphatic heterocycles. The summed E-state index contributed by atoms with van der Waals surface area (Å²) in [5.74, 6) is 1.55. The van der Waals surface area contributed by atoms with Gasteiger partial charge in [0, 0.05) is 30.9 Å². The summed E-state index contributed by atoms with van der Waals surface area (Å²) < 4.78 is 6.04. The molecule has 2 aliphatic carbocycles. The van der Waals surface area contributed by atoms with Crippen molar-refractivity contribution < 1.29 is 9.53 Å². The van der Waals surface area contributed by atoms with E-state index in [4.69, 9.17) is 4.74 Å². The second-order valence-electron chi connectivity index (χ2n) is 8.16. The van der Waals surface area contributed by atoms with Gasteiger partial charge in [-0.25, -0.2) is 0 Å². The van der Waals surface area contributed by atoms with Crippen LogP contribution in [-0.4, -0.2) is 54.4 Å². The predicted molar refractivity (Wildman–Crippen MR) is 104 cm³/mol. The molecular formula is C18H34BrNO2S. The minimum absolute atomic E-state index is 0.220. The van der Waals surface area contributed by atoms with Crippen molar-refractivity contribution in [3.05, 3.63) is 0 Å². The highest BCUT2D eigenvalue weighted by Crippen LogP contribution is 2.75. The van der Waals surface area contributed by atoms with Gasteiger partial charge in [-0.1, -0.05) is 20.8 Å². The standard InChI is InChI=1S/C18H34BrNO2S/c1-8-20(9-2)14(21)12-23(7,19)15-13-10-11-18(5,16(15)22-6)17(13,3)4/h13,15-16H,8-12H2,1-7H3/t13-,15-,16-,18+/m1/s1. The number of carbonyl (C=O) groups is 1. The Hall–Kier alpha value is 0.260. The molecular weight excluding hydrogens is 374 g/mol. The summed E-state index contributed by atoms with van der Waals surface area (Å²) in [5.41, 5.74) is 0.496. The van der Waals surface area contributed by atoms with Crippen LogP contribution in [0.5, 0.6) is 0 Å². The van der Waals surface area contributed by atoms with E-state index in [0.29, 0.717) is 16.9 Å². The molecule has 0 aromatic rings. The highest BCUT2D eigenvalue weighted by Gasteiger charge is 2.68. The third-order valence-electron chi connectivity index (χ3n) is 7.04. The van der Waals surface area contributed by atoms with Crippen LogP contribution in [0.25, 0.3) is 0 Å². The number of carbonyl (C=O) groups excluding carboxylic acids is 1. The zero-order chi connectivity index (χ0) is 17.6. The van der Waals surface area contributed by atoms with E-state index in [2.05, 4.69) is 55.7 Å². The van der Waals surface area contributed by atoms with Gasteiger partial charge in [0.05, 0.1) is 11.9 Å². The molecule has 2 bridgehead atoms. The fraction of sp³-hybridized carbons (Fsp3) is 0.944. The van der Waals surface area contributed by atoms with Crippen molar-refractivity contribution in [2.24, 2.45) is 16.7 Å². The Labute approximate surface area is 151 Å². The van der Waals surface area contributed by atoms with E-state index in [9.17, 15) is 4.79 Å². The average molecular weight is 408 g/mol. The van der Waals surface area contributed by atoms with Gasteiger partial charge in [0.25, 0.3) is 0 Å². The number of amides is 1. The molecule has 23 heavy (non-hydrogen) atoms. The molecule has 2 fully saturated rings. The summed E-state index contributed by atoms with van der Waals surface area (Å²) in [6, 6.07) is 0. The first kappa shape index (κ1) is 19.6. The van der Waals surface area contributed by atoms with Crippen LogP contribution in [0, 0.1) is 16.7 Å². The maximum Gasteiger partial charge on any atom is 0.231 e. The molecule has 0 saturated heterocycles. The third kappa shape index (κ3) is 2.89. The molecule has 5 heteroatoms. The summed E-state index contributed by atoms with van der Waals surface area (Å²) in [6.07, 6.45) is 5.04. The van der Waals surface area contributed by atoms with Gasteiger partial charge >= 0.3 is 0 Å². The van der Waals surface area contributed by atoms with Crippen molar-refractivity contribution in [3.63, 3.8) is 0 Å². The van der Waals surface area contributed by atoms with Crippen LogP contribution in [0.1, 0.15) is 47.5 Å². The van der Waals surface area contributed by atoms with Crippen LogP contribution >= 0.6 is 23.3 Å². The van der Waals surface area contributed by atoms with E-state index >= 15 is 0 Å². The lowest BCUT2D eigenvalue weighted by Crippen LogP contribution is -2.44. The van der Waals surface area contributed by atoms with Gasteiger partial charge in [0.1, 0.15) is 0 Å². The maximum atomic E-state index is 12.7. The van der Waals surface area contributed by atoms with Crippen molar-refractivity contribution in [3.8, 4) is 0 Å². The quantitative estimate of drug-likeness (QED) is 0.650. The topological polar surface area (TPSA) is 29.5 Å². The number of hydrogen-bond donors (Lipinski definition) is 0. The molecule has 0 N–H and O–H groups in total. The van der Waals surface area contributed by atoms with E-state index < -0.39 is 8.46 Å². The number of methoxy groups -OCH3 is 1. The molecule has 0 spiro atoms. The van der Waals surface area contributed by atoms with E-state index in [1.807, 2.05) is 12.0 Å². The molecule has 0 radical (unpaired) electrons. The lowest BCUT2D eigenvalue weighted by atomic mass is 9.70. The summed E-state index contributed by atoms with van der Waals surface area (Å²) in [4.78, 5) is 14.6. The monoisotopic (exact) mass is 407 g/mol. The average Bonchev–Trinajstić information content (AvgIpc) is 2.78. The van der Waals surface area contributed by atoms with Gasteiger partial charge in [-0.3, -0.25) is 4.79 Å². The Morgan fingerprint density at radius 2 is 1.87 bits per heavy atom. The van der Waals surface area contributed by atoms with Gasteiger partial charge in [0.2, 0.25) is 5.91 Å². The van der Waals surface area contributed by atoms with Crippen LogP contribution in [0.2, 0.25) is 0 Å². The fourth-order valence-corrected chi connectivity index (χ4v) is 10.1. The lowest BCUT2D eigenvalue weighted by Gasteiger charge is -2.46. The molecule has 2 saturated carbocycles. The second kappa shape index (κ2) is 6.53. The maximum absolute atomic E-state index is 12.7. The first-order valence-corrected chi connectivity index (χ1v) is 12.9. The number of hydrogen-bond acceptors (Lipinski definition) is 2. The Balaban J connectivity index is 2.27. The highest BCUT2D eigenvalue weighted by atomic mass is 79.9. The summed E-state index contributed by atoms with van der Waals surface area (Å²) in [5, 5.41) is 0.459. The van der Waals surface area contributed by atoms with Crippen LogP contribution in [0.3, 0.4) is 0 Å². The van der Waals surface area contributed by atoms with Crippen molar-refractivity contribution in [1.29, 1.82) is 0 Å². The normalized spacial score (nSPS) is 39.0. The van der Waals surface area contributed by atoms with Gasteiger partial charge in [0.15, 0.2) is 0 Å². The third-order valence-corrected chi connectivity index (χ3v) is 11.5. The second-order valence-corrected chi connectivity index (χ2v) is 15.5. The molecule has 136 valence electrons. The van der Waals surface area contributed by atoms with Crippen molar-refractivity contribution >= 4 is 29.2 Å². The number of halogens is 1. The van der Waals surface area contributed by atoms with E-state index in [-0.39, 0.29) is 22.8 Å². The zero-order valence-corrected chi connectivity index (χ0v) is 18.2. The smallest absolute Gasteiger partial charge is 0.231 e. The van der Waals surface area contributed by atoms with Crippen LogP contribution in [0.15, 0.2) is 0 Å². The number of ether oxygens (including phenoxy) is 1. The number of fused-ring (bicyclic) bond motifs is 2. The Morgan fingerprint density at radius 1 is 1.30 bits per heavy atom. The number of nitrogens with zero attached hydrogens (tertiary/aromatic N) is 1. The van der Waals surface area contributed by atoms with Crippen molar-refractivity contribution in [2.75, 3.05) is 32.2 Å². The molecule has 3 nitrogen and oxygen atoms in total. The van der Waals surface area contributed by atoms with Gasteiger partial charge in [-0.05, 0) is 59.1 Å². The van der Waals surface area contributed by atoms with Crippen LogP contribution in [-0.2, 0) is 9.53 Å². The zero-order valence-electron chi connectivity index (χ0n) is 15.8. The van der Waals surface area contributed by atoms with E-state index in [1.165, 1.54) is 12.8 Å². The summed E-state index contributed by atoms with van der Waals surface area (Å²) in [6.45, 7) is 12.9. The Bertz CT molecular complexity index is 464. The van der Waals surface area contributed by atoms with Gasteiger partial charge in [-0.15, -0.1) is 0 Å². The predicted octanol–water partition coefficient (Wildman–Crippen LogP) is 4.44. The molecule has 5 atom stereocenters. The fourth-order valence-electron chi connectivity index (χ4n) is 5.22. The molecule has 0 heterocycles. The molecule has 2 aliphatic rings. The van der Waals surface area contributed by atoms with Gasteiger partial charge < -0.3 is 9.64 Å². The van der Waals surface area contributed by atoms with Gasteiger partial charge in [-0.2, -0.15) is 8.46 Å². The molecule has 2 rings (SSSR count). The molecule has 0 aromatic heterocycles. The molecule has 1 amide bonds. The highest BCUT2D eigenvalue weighted by molar-refractivity contribution is 9.58. The molecule has 1 unspecified atom stereocenters. The van der Waals surface area contributed by atoms with E-state index in [0.717, 1.165) is 13.1 Å². The van der Waals surface area contributed by atoms with Crippen molar-refractivity contribution in [1.82, 2.24) is 4.90 Å². The van der Waals surface area contributed by atoms with Crippen LogP contribution in [0.4, 0.5) is 0 Å². The molecule has 0 aromatic carbocycles. The Kier molecular flexibility index (Phi) is 5.56. The van der Waals surface area contributed by atoms with Crippen LogP contribution < -0.4 is 0 Å².